The van der Waals surface area contributed by atoms with Gasteiger partial charge in [0.2, 0.25) is 15.9 Å². The van der Waals surface area contributed by atoms with Crippen molar-refractivity contribution in [2.24, 2.45) is 11.8 Å². The van der Waals surface area contributed by atoms with Crippen LogP contribution in [-0.4, -0.2) is 37.5 Å². The van der Waals surface area contributed by atoms with E-state index >= 15 is 0 Å². The van der Waals surface area contributed by atoms with Gasteiger partial charge >= 0.3 is 5.97 Å². The van der Waals surface area contributed by atoms with Gasteiger partial charge in [-0.1, -0.05) is 45.4 Å². The van der Waals surface area contributed by atoms with Gasteiger partial charge in [0.1, 0.15) is 12.1 Å². The number of carbonyl (C=O) groups is 2. The topological polar surface area (TPSA) is 113 Å². The van der Waals surface area contributed by atoms with Crippen molar-refractivity contribution in [2.75, 3.05) is 0 Å². The van der Waals surface area contributed by atoms with Crippen LogP contribution in [0.5, 0.6) is 0 Å². The molecule has 0 saturated carbocycles. The third-order valence-electron chi connectivity index (χ3n) is 3.88. The Balaban J connectivity index is 2.98. The number of hydrogen-bond acceptors (Lipinski definition) is 4. The molecule has 146 valence electrons. The maximum absolute atomic E-state index is 12.6. The summed E-state index contributed by atoms with van der Waals surface area (Å²) in [7, 11) is -3.90. The molecule has 0 aliphatic heterocycles. The quantitative estimate of drug-likeness (QED) is 0.602. The van der Waals surface area contributed by atoms with E-state index in [-0.39, 0.29) is 23.2 Å². The van der Waals surface area contributed by atoms with Gasteiger partial charge in [-0.15, -0.1) is 0 Å². The fourth-order valence-corrected chi connectivity index (χ4v) is 3.74. The number of aryl methyl sites for hydroxylation is 1. The van der Waals surface area contributed by atoms with Crippen molar-refractivity contribution in [2.45, 2.75) is 58.0 Å². The molecule has 1 aromatic carbocycles. The molecule has 0 unspecified atom stereocenters. The van der Waals surface area contributed by atoms with Crippen LogP contribution in [-0.2, 0) is 19.6 Å². The molecular weight excluding hydrogens is 356 g/mol. The molecule has 2 atom stereocenters. The first-order valence-electron chi connectivity index (χ1n) is 8.56. The number of amides is 1. The molecule has 0 radical (unpaired) electrons. The Labute approximate surface area is 155 Å². The summed E-state index contributed by atoms with van der Waals surface area (Å²) < 4.78 is 27.5. The summed E-state index contributed by atoms with van der Waals surface area (Å²) >= 11 is 0. The summed E-state index contributed by atoms with van der Waals surface area (Å²) in [4.78, 5) is 23.9. The van der Waals surface area contributed by atoms with E-state index in [1.54, 1.807) is 26.0 Å². The lowest BCUT2D eigenvalue weighted by Crippen LogP contribution is -2.53. The molecule has 1 rings (SSSR count). The van der Waals surface area contributed by atoms with Gasteiger partial charge in [0.15, 0.2) is 0 Å². The normalized spacial score (nSPS) is 14.3. The smallest absolute Gasteiger partial charge is 0.326 e. The highest BCUT2D eigenvalue weighted by atomic mass is 32.2. The fraction of sp³-hybridized carbons (Fsp3) is 0.556. The highest BCUT2D eigenvalue weighted by molar-refractivity contribution is 7.89. The average Bonchev–Trinajstić information content (AvgIpc) is 2.51. The van der Waals surface area contributed by atoms with Crippen molar-refractivity contribution >= 4 is 21.9 Å². The first kappa shape index (κ1) is 22.1. The second-order valence-corrected chi connectivity index (χ2v) is 8.90. The van der Waals surface area contributed by atoms with Gasteiger partial charge < -0.3 is 10.4 Å². The van der Waals surface area contributed by atoms with Crippen molar-refractivity contribution < 1.29 is 23.1 Å². The Kier molecular flexibility index (Phi) is 7.77. The zero-order valence-electron chi connectivity index (χ0n) is 15.8. The van der Waals surface area contributed by atoms with Crippen LogP contribution in [0.25, 0.3) is 0 Å². The van der Waals surface area contributed by atoms with Gasteiger partial charge in [0.25, 0.3) is 0 Å². The van der Waals surface area contributed by atoms with Crippen molar-refractivity contribution in [3.8, 4) is 0 Å². The summed E-state index contributed by atoms with van der Waals surface area (Å²) in [6.45, 7) is 8.93. The van der Waals surface area contributed by atoms with E-state index in [0.717, 1.165) is 5.56 Å². The molecule has 0 heterocycles. The summed E-state index contributed by atoms with van der Waals surface area (Å²) in [6, 6.07) is 4.13. The van der Waals surface area contributed by atoms with Crippen LogP contribution in [0, 0.1) is 18.8 Å². The number of rotatable bonds is 9. The second kappa shape index (κ2) is 9.14. The van der Waals surface area contributed by atoms with E-state index in [1.807, 2.05) is 20.8 Å². The minimum atomic E-state index is -3.90. The molecule has 0 bridgehead atoms. The van der Waals surface area contributed by atoms with Crippen LogP contribution < -0.4 is 10.0 Å². The monoisotopic (exact) mass is 384 g/mol. The molecule has 0 spiro atoms. The number of hydrogen-bond donors (Lipinski definition) is 3. The molecular formula is C18H28N2O5S. The Morgan fingerprint density at radius 2 is 1.62 bits per heavy atom. The molecule has 0 aromatic heterocycles. The van der Waals surface area contributed by atoms with Crippen LogP contribution in [0.1, 0.15) is 39.7 Å². The van der Waals surface area contributed by atoms with Crippen molar-refractivity contribution in [3.63, 3.8) is 0 Å². The lowest BCUT2D eigenvalue weighted by atomic mass is 10.0. The number of carbonyl (C=O) groups excluding carboxylic acids is 1. The third kappa shape index (κ3) is 6.42. The van der Waals surface area contributed by atoms with Crippen LogP contribution >= 0.6 is 0 Å². The Bertz CT molecular complexity index is 726. The Morgan fingerprint density at radius 1 is 1.08 bits per heavy atom. The van der Waals surface area contributed by atoms with Crippen molar-refractivity contribution in [1.82, 2.24) is 10.0 Å². The van der Waals surface area contributed by atoms with E-state index in [0.29, 0.717) is 0 Å². The van der Waals surface area contributed by atoms with E-state index in [4.69, 9.17) is 0 Å². The molecule has 1 amide bonds. The minimum Gasteiger partial charge on any atom is -0.480 e. The van der Waals surface area contributed by atoms with Gasteiger partial charge in [0, 0.05) is 0 Å². The summed E-state index contributed by atoms with van der Waals surface area (Å²) in [6.07, 6.45) is 0.261. The number of carboxylic acid groups (broad SMARTS) is 1. The van der Waals surface area contributed by atoms with Gasteiger partial charge in [-0.25, -0.2) is 13.2 Å². The van der Waals surface area contributed by atoms with Gasteiger partial charge in [-0.3, -0.25) is 4.79 Å². The number of nitrogens with one attached hydrogen (secondary N) is 2. The van der Waals surface area contributed by atoms with Crippen LogP contribution in [0.4, 0.5) is 0 Å². The average molecular weight is 384 g/mol. The summed E-state index contributed by atoms with van der Waals surface area (Å²) in [5.41, 5.74) is 0.917. The van der Waals surface area contributed by atoms with E-state index < -0.39 is 34.0 Å². The number of sulfonamides is 1. The molecule has 0 saturated heterocycles. The summed E-state index contributed by atoms with van der Waals surface area (Å²) in [5.74, 6) is -2.08. The van der Waals surface area contributed by atoms with Crippen LogP contribution in [0.3, 0.4) is 0 Å². The molecule has 7 nitrogen and oxygen atoms in total. The highest BCUT2D eigenvalue weighted by Crippen LogP contribution is 2.14. The predicted molar refractivity (Wildman–Crippen MR) is 99.1 cm³/mol. The largest absolute Gasteiger partial charge is 0.480 e. The minimum absolute atomic E-state index is 0.0542. The molecule has 0 aliphatic carbocycles. The highest BCUT2D eigenvalue weighted by Gasteiger charge is 2.31. The summed E-state index contributed by atoms with van der Waals surface area (Å²) in [5, 5.41) is 11.7. The maximum Gasteiger partial charge on any atom is 0.326 e. The van der Waals surface area contributed by atoms with E-state index in [2.05, 4.69) is 10.0 Å². The SMILES string of the molecule is Cc1ccc(S(=O)(=O)N[C@H](C(=O)N[C@@H](CC(C)C)C(=O)O)C(C)C)cc1. The first-order valence-corrected chi connectivity index (χ1v) is 10.0. The number of benzene rings is 1. The lowest BCUT2D eigenvalue weighted by molar-refractivity contribution is -0.142. The van der Waals surface area contributed by atoms with E-state index in [1.165, 1.54) is 12.1 Å². The van der Waals surface area contributed by atoms with E-state index in [9.17, 15) is 23.1 Å². The maximum atomic E-state index is 12.6. The van der Waals surface area contributed by atoms with Gasteiger partial charge in [0.05, 0.1) is 4.90 Å². The molecule has 0 fully saturated rings. The number of carboxylic acids is 1. The molecule has 3 N–H and O–H groups in total. The van der Waals surface area contributed by atoms with Gasteiger partial charge in [-0.2, -0.15) is 4.72 Å². The zero-order chi connectivity index (χ0) is 20.1. The molecule has 26 heavy (non-hydrogen) atoms. The molecule has 1 aromatic rings. The Hall–Kier alpha value is -1.93. The standard InChI is InChI=1S/C18H28N2O5S/c1-11(2)10-15(18(22)23)19-17(21)16(12(3)4)20-26(24,25)14-8-6-13(5)7-9-14/h6-9,11-12,15-16,20H,10H2,1-5H3,(H,19,21)(H,22,23)/t15-,16-/m0/s1. The second-order valence-electron chi connectivity index (χ2n) is 7.18. The fourth-order valence-electron chi connectivity index (χ4n) is 2.40. The number of aliphatic carboxylic acids is 1. The van der Waals surface area contributed by atoms with Crippen LogP contribution in [0.2, 0.25) is 0 Å². The molecule has 8 heteroatoms. The van der Waals surface area contributed by atoms with Crippen molar-refractivity contribution in [3.05, 3.63) is 29.8 Å². The third-order valence-corrected chi connectivity index (χ3v) is 5.34. The lowest BCUT2D eigenvalue weighted by Gasteiger charge is -2.24. The first-order chi connectivity index (χ1) is 11.9. The van der Waals surface area contributed by atoms with Crippen molar-refractivity contribution in [1.29, 1.82) is 0 Å². The predicted octanol–water partition coefficient (Wildman–Crippen LogP) is 1.91. The zero-order valence-corrected chi connectivity index (χ0v) is 16.6. The van der Waals surface area contributed by atoms with Gasteiger partial charge in [-0.05, 0) is 37.3 Å². The molecule has 0 aliphatic rings. The Morgan fingerprint density at radius 3 is 2.04 bits per heavy atom. The van der Waals surface area contributed by atoms with Crippen LogP contribution in [0.15, 0.2) is 29.2 Å².